The molecule has 1 N–H and O–H groups in total. The van der Waals surface area contributed by atoms with Gasteiger partial charge in [-0.25, -0.2) is 4.39 Å². The van der Waals surface area contributed by atoms with Crippen LogP contribution in [0.4, 0.5) is 4.39 Å². The molecule has 0 bridgehead atoms. The molecule has 1 aromatic carbocycles. The highest BCUT2D eigenvalue weighted by Gasteiger charge is 2.02. The van der Waals surface area contributed by atoms with Gasteiger partial charge in [0.1, 0.15) is 18.2 Å². The fraction of sp³-hybridized carbons (Fsp3) is 0.571. The van der Waals surface area contributed by atoms with Gasteiger partial charge in [0.15, 0.2) is 0 Å². The maximum absolute atomic E-state index is 13.0. The minimum atomic E-state index is -0.252. The lowest BCUT2D eigenvalue weighted by atomic mass is 10.2. The first-order valence-corrected chi connectivity index (χ1v) is 6.25. The predicted molar refractivity (Wildman–Crippen MR) is 69.0 cm³/mol. The molecule has 0 aliphatic rings. The largest absolute Gasteiger partial charge is 0.492 e. The Kier molecular flexibility index (Phi) is 5.98. The molecule has 17 heavy (non-hydrogen) atoms. The first-order chi connectivity index (χ1) is 8.13. The van der Waals surface area contributed by atoms with E-state index in [1.807, 2.05) is 6.92 Å². The van der Waals surface area contributed by atoms with Crippen molar-refractivity contribution < 1.29 is 9.13 Å². The van der Waals surface area contributed by atoms with Gasteiger partial charge in [0.2, 0.25) is 0 Å². The van der Waals surface area contributed by atoms with Crippen LogP contribution in [0.25, 0.3) is 0 Å². The van der Waals surface area contributed by atoms with E-state index in [9.17, 15) is 4.39 Å². The summed E-state index contributed by atoms with van der Waals surface area (Å²) in [6.45, 7) is 7.61. The van der Waals surface area contributed by atoms with E-state index >= 15 is 0 Å². The summed E-state index contributed by atoms with van der Waals surface area (Å²) in [4.78, 5) is 0. The lowest BCUT2D eigenvalue weighted by Gasteiger charge is -2.14. The lowest BCUT2D eigenvalue weighted by molar-refractivity contribution is 0.301. The molecular formula is C14H22FNO. The first-order valence-electron chi connectivity index (χ1n) is 6.25. The molecule has 1 rings (SSSR count). The molecule has 0 radical (unpaired) electrons. The van der Waals surface area contributed by atoms with E-state index in [1.165, 1.54) is 25.0 Å². The van der Waals surface area contributed by atoms with Gasteiger partial charge in [-0.05, 0) is 31.9 Å². The average Bonchev–Trinajstić information content (AvgIpc) is 2.29. The summed E-state index contributed by atoms with van der Waals surface area (Å²) in [5.41, 5.74) is 0.966. The molecule has 0 amide bonds. The molecule has 0 aliphatic carbocycles. The zero-order valence-corrected chi connectivity index (χ0v) is 10.9. The van der Waals surface area contributed by atoms with Crippen LogP contribution in [0, 0.1) is 12.7 Å². The third-order valence-electron chi connectivity index (χ3n) is 2.72. The molecule has 0 aromatic heterocycles. The van der Waals surface area contributed by atoms with Gasteiger partial charge in [-0.2, -0.15) is 0 Å². The Morgan fingerprint density at radius 2 is 2.18 bits per heavy atom. The molecule has 2 nitrogen and oxygen atoms in total. The maximum atomic E-state index is 13.0. The summed E-state index contributed by atoms with van der Waals surface area (Å²) in [5.74, 6) is 0.382. The Morgan fingerprint density at radius 3 is 2.88 bits per heavy atom. The summed E-state index contributed by atoms with van der Waals surface area (Å²) < 4.78 is 18.5. The SMILES string of the molecule is CCCC(C)NCCOc1cc(F)ccc1C. The number of benzene rings is 1. The molecule has 3 heteroatoms. The van der Waals surface area contributed by atoms with Crippen LogP contribution in [0.2, 0.25) is 0 Å². The molecule has 0 spiro atoms. The van der Waals surface area contributed by atoms with Gasteiger partial charge < -0.3 is 10.1 Å². The molecule has 96 valence electrons. The van der Waals surface area contributed by atoms with Gasteiger partial charge in [0.05, 0.1) is 0 Å². The van der Waals surface area contributed by atoms with Crippen molar-refractivity contribution in [2.45, 2.75) is 39.7 Å². The van der Waals surface area contributed by atoms with Gasteiger partial charge in [-0.15, -0.1) is 0 Å². The molecule has 0 saturated heterocycles. The van der Waals surface area contributed by atoms with Crippen molar-refractivity contribution in [3.05, 3.63) is 29.6 Å². The van der Waals surface area contributed by atoms with Gasteiger partial charge in [0, 0.05) is 18.7 Å². The van der Waals surface area contributed by atoms with E-state index in [0.29, 0.717) is 18.4 Å². The Morgan fingerprint density at radius 1 is 1.41 bits per heavy atom. The summed E-state index contributed by atoms with van der Waals surface area (Å²) in [6, 6.07) is 5.13. The van der Waals surface area contributed by atoms with Crippen LogP contribution < -0.4 is 10.1 Å². The zero-order chi connectivity index (χ0) is 12.7. The van der Waals surface area contributed by atoms with E-state index in [4.69, 9.17) is 4.74 Å². The molecule has 0 aliphatic heterocycles. The number of hydrogen-bond acceptors (Lipinski definition) is 2. The Bertz CT molecular complexity index is 341. The molecule has 1 atom stereocenters. The smallest absolute Gasteiger partial charge is 0.126 e. The topological polar surface area (TPSA) is 21.3 Å². The van der Waals surface area contributed by atoms with Crippen LogP contribution in [0.15, 0.2) is 18.2 Å². The van der Waals surface area contributed by atoms with Crippen LogP contribution >= 0.6 is 0 Å². The van der Waals surface area contributed by atoms with Crippen molar-refractivity contribution in [1.82, 2.24) is 5.32 Å². The molecule has 0 saturated carbocycles. The highest BCUT2D eigenvalue weighted by molar-refractivity contribution is 5.32. The normalized spacial score (nSPS) is 12.5. The Hall–Kier alpha value is -1.09. The van der Waals surface area contributed by atoms with Crippen molar-refractivity contribution in [3.8, 4) is 5.75 Å². The molecule has 0 fully saturated rings. The van der Waals surface area contributed by atoms with Crippen molar-refractivity contribution in [3.63, 3.8) is 0 Å². The third kappa shape index (κ3) is 5.18. The van der Waals surface area contributed by atoms with Crippen molar-refractivity contribution in [1.29, 1.82) is 0 Å². The van der Waals surface area contributed by atoms with Gasteiger partial charge in [-0.1, -0.05) is 19.4 Å². The zero-order valence-electron chi connectivity index (χ0n) is 10.9. The average molecular weight is 239 g/mol. The van der Waals surface area contributed by atoms with Gasteiger partial charge >= 0.3 is 0 Å². The third-order valence-corrected chi connectivity index (χ3v) is 2.72. The van der Waals surface area contributed by atoms with E-state index in [2.05, 4.69) is 19.2 Å². The maximum Gasteiger partial charge on any atom is 0.126 e. The highest BCUT2D eigenvalue weighted by atomic mass is 19.1. The van der Waals surface area contributed by atoms with Gasteiger partial charge in [0.25, 0.3) is 0 Å². The Balaban J connectivity index is 2.28. The second kappa shape index (κ2) is 7.28. The minimum Gasteiger partial charge on any atom is -0.492 e. The second-order valence-electron chi connectivity index (χ2n) is 4.40. The number of nitrogens with one attached hydrogen (secondary N) is 1. The molecule has 0 heterocycles. The summed E-state index contributed by atoms with van der Waals surface area (Å²) in [7, 11) is 0. The van der Waals surface area contributed by atoms with Crippen LogP contribution in [0.5, 0.6) is 5.75 Å². The molecule has 1 aromatic rings. The first kappa shape index (κ1) is 14.0. The number of aryl methyl sites for hydroxylation is 1. The highest BCUT2D eigenvalue weighted by Crippen LogP contribution is 2.18. The predicted octanol–water partition coefficient (Wildman–Crippen LogP) is 3.29. The Labute approximate surface area is 103 Å². The van der Waals surface area contributed by atoms with Crippen LogP contribution in [-0.4, -0.2) is 19.2 Å². The van der Waals surface area contributed by atoms with E-state index in [-0.39, 0.29) is 5.82 Å². The number of halogens is 1. The monoisotopic (exact) mass is 239 g/mol. The van der Waals surface area contributed by atoms with Crippen molar-refractivity contribution >= 4 is 0 Å². The fourth-order valence-electron chi connectivity index (χ4n) is 1.73. The van der Waals surface area contributed by atoms with Crippen LogP contribution in [-0.2, 0) is 0 Å². The number of rotatable bonds is 7. The summed E-state index contributed by atoms with van der Waals surface area (Å²) in [6.07, 6.45) is 2.34. The quantitative estimate of drug-likeness (QED) is 0.737. The van der Waals surface area contributed by atoms with Crippen LogP contribution in [0.1, 0.15) is 32.3 Å². The standard InChI is InChI=1S/C14H22FNO/c1-4-5-12(3)16-8-9-17-14-10-13(15)7-6-11(14)2/h6-7,10,12,16H,4-5,8-9H2,1-3H3. The minimum absolute atomic E-state index is 0.252. The second-order valence-corrected chi connectivity index (χ2v) is 4.40. The van der Waals surface area contributed by atoms with Crippen molar-refractivity contribution in [2.24, 2.45) is 0 Å². The molecule has 1 unspecified atom stereocenters. The van der Waals surface area contributed by atoms with Crippen LogP contribution in [0.3, 0.4) is 0 Å². The van der Waals surface area contributed by atoms with Gasteiger partial charge in [-0.3, -0.25) is 0 Å². The van der Waals surface area contributed by atoms with Crippen molar-refractivity contribution in [2.75, 3.05) is 13.2 Å². The number of ether oxygens (including phenoxy) is 1. The molecular weight excluding hydrogens is 217 g/mol. The summed E-state index contributed by atoms with van der Waals surface area (Å²) in [5, 5.41) is 3.37. The lowest BCUT2D eigenvalue weighted by Crippen LogP contribution is -2.30. The van der Waals surface area contributed by atoms with E-state index in [0.717, 1.165) is 12.1 Å². The van der Waals surface area contributed by atoms with E-state index < -0.39 is 0 Å². The fourth-order valence-corrected chi connectivity index (χ4v) is 1.73. The number of hydrogen-bond donors (Lipinski definition) is 1. The van der Waals surface area contributed by atoms with E-state index in [1.54, 1.807) is 6.07 Å². The summed E-state index contributed by atoms with van der Waals surface area (Å²) >= 11 is 0.